The van der Waals surface area contributed by atoms with Crippen molar-refractivity contribution in [3.8, 4) is 0 Å². The van der Waals surface area contributed by atoms with Crippen LogP contribution < -0.4 is 5.32 Å². The molecule has 1 aliphatic rings. The van der Waals surface area contributed by atoms with Crippen molar-refractivity contribution < 1.29 is 19.4 Å². The Bertz CT molecular complexity index is 280. The Kier molecular flexibility index (Phi) is 4.78. The second-order valence-electron chi connectivity index (χ2n) is 3.43. The molecule has 16 heavy (non-hydrogen) atoms. The Morgan fingerprint density at radius 2 is 2.38 bits per heavy atom. The summed E-state index contributed by atoms with van der Waals surface area (Å²) in [5.74, 6) is -1.04. The van der Waals surface area contributed by atoms with Crippen molar-refractivity contribution in [3.63, 3.8) is 0 Å². The minimum atomic E-state index is -1.04. The Morgan fingerprint density at radius 1 is 1.62 bits per heavy atom. The molecule has 1 fully saturated rings. The summed E-state index contributed by atoms with van der Waals surface area (Å²) in [5.41, 5.74) is 0. The lowest BCUT2D eigenvalue weighted by Gasteiger charge is -2.32. The number of carbonyl (C=O) groups excluding carboxylic acids is 1. The number of morpholine rings is 1. The molecule has 1 aliphatic heterocycles. The number of carboxylic acid groups (broad SMARTS) is 1. The summed E-state index contributed by atoms with van der Waals surface area (Å²) in [6.07, 6.45) is 2.35. The summed E-state index contributed by atoms with van der Waals surface area (Å²) in [4.78, 5) is 23.8. The fraction of sp³-hybridized carbons (Fsp3) is 0.600. The van der Waals surface area contributed by atoms with E-state index in [1.807, 2.05) is 0 Å². The molecule has 1 heterocycles. The fourth-order valence-electron chi connectivity index (χ4n) is 1.43. The molecular formula is C10H16N2O4. The molecule has 0 aromatic heterocycles. The first-order valence-corrected chi connectivity index (χ1v) is 5.12. The van der Waals surface area contributed by atoms with E-state index in [1.165, 1.54) is 4.90 Å². The third kappa shape index (κ3) is 3.23. The Hall–Kier alpha value is -1.56. The van der Waals surface area contributed by atoms with Gasteiger partial charge in [0.15, 0.2) is 6.04 Å². The van der Waals surface area contributed by atoms with Crippen LogP contribution in [0.1, 0.15) is 6.42 Å². The van der Waals surface area contributed by atoms with Gasteiger partial charge in [-0.2, -0.15) is 0 Å². The van der Waals surface area contributed by atoms with Crippen molar-refractivity contribution >= 4 is 12.0 Å². The number of aliphatic carboxylic acids is 1. The maximum absolute atomic E-state index is 11.6. The van der Waals surface area contributed by atoms with Crippen LogP contribution in [0.5, 0.6) is 0 Å². The number of amides is 2. The number of nitrogens with one attached hydrogen (secondary N) is 1. The number of urea groups is 1. The molecule has 0 aromatic carbocycles. The summed E-state index contributed by atoms with van der Waals surface area (Å²) < 4.78 is 5.03. The van der Waals surface area contributed by atoms with Crippen molar-refractivity contribution in [3.05, 3.63) is 12.7 Å². The smallest absolute Gasteiger partial charge is 0.328 e. The maximum atomic E-state index is 11.6. The van der Waals surface area contributed by atoms with Crippen LogP contribution in [0.2, 0.25) is 0 Å². The molecule has 0 aromatic rings. The zero-order valence-electron chi connectivity index (χ0n) is 9.02. The van der Waals surface area contributed by atoms with Gasteiger partial charge in [0.2, 0.25) is 0 Å². The molecule has 0 spiro atoms. The van der Waals surface area contributed by atoms with Crippen molar-refractivity contribution in [1.82, 2.24) is 10.2 Å². The third-order valence-corrected chi connectivity index (χ3v) is 2.30. The van der Waals surface area contributed by atoms with Crippen molar-refractivity contribution in [1.29, 1.82) is 0 Å². The lowest BCUT2D eigenvalue weighted by molar-refractivity contribution is -0.147. The van der Waals surface area contributed by atoms with Gasteiger partial charge in [-0.1, -0.05) is 6.08 Å². The van der Waals surface area contributed by atoms with E-state index in [0.29, 0.717) is 26.1 Å². The van der Waals surface area contributed by atoms with Crippen molar-refractivity contribution in [2.24, 2.45) is 0 Å². The SMILES string of the molecule is C=CCCNC(=O)N1CCOCC1C(=O)O. The van der Waals surface area contributed by atoms with E-state index in [4.69, 9.17) is 9.84 Å². The van der Waals surface area contributed by atoms with E-state index in [1.54, 1.807) is 6.08 Å². The van der Waals surface area contributed by atoms with Crippen LogP contribution in [0.25, 0.3) is 0 Å². The van der Waals surface area contributed by atoms with Gasteiger partial charge in [0, 0.05) is 13.1 Å². The highest BCUT2D eigenvalue weighted by Crippen LogP contribution is 2.07. The highest BCUT2D eigenvalue weighted by atomic mass is 16.5. The van der Waals surface area contributed by atoms with Crippen molar-refractivity contribution in [2.45, 2.75) is 12.5 Å². The second-order valence-corrected chi connectivity index (χ2v) is 3.43. The molecule has 2 N–H and O–H groups in total. The number of hydrogen-bond donors (Lipinski definition) is 2. The minimum Gasteiger partial charge on any atom is -0.480 e. The first-order valence-electron chi connectivity index (χ1n) is 5.12. The molecule has 6 nitrogen and oxygen atoms in total. The monoisotopic (exact) mass is 228 g/mol. The Labute approximate surface area is 93.9 Å². The number of hydrogen-bond acceptors (Lipinski definition) is 3. The van der Waals surface area contributed by atoms with Gasteiger partial charge in [-0.05, 0) is 6.42 Å². The number of rotatable bonds is 4. The van der Waals surface area contributed by atoms with Gasteiger partial charge in [0.25, 0.3) is 0 Å². The van der Waals surface area contributed by atoms with Gasteiger partial charge in [0.1, 0.15) is 0 Å². The average Bonchev–Trinajstić information content (AvgIpc) is 2.29. The van der Waals surface area contributed by atoms with E-state index in [9.17, 15) is 9.59 Å². The standard InChI is InChI=1S/C10H16N2O4/c1-2-3-4-11-10(15)12-5-6-16-7-8(12)9(13)14/h2,8H,1,3-7H2,(H,11,15)(H,13,14). The highest BCUT2D eigenvalue weighted by molar-refractivity contribution is 5.82. The predicted octanol–water partition coefficient (Wildman–Crippen LogP) is 0.0575. The quantitative estimate of drug-likeness (QED) is 0.526. The number of nitrogens with zero attached hydrogens (tertiary/aromatic N) is 1. The molecule has 1 rings (SSSR count). The van der Waals surface area contributed by atoms with Gasteiger partial charge in [-0.3, -0.25) is 0 Å². The van der Waals surface area contributed by atoms with Crippen molar-refractivity contribution in [2.75, 3.05) is 26.3 Å². The van der Waals surface area contributed by atoms with Crippen LogP contribution in [-0.4, -0.2) is 54.4 Å². The molecule has 1 atom stereocenters. The first-order chi connectivity index (χ1) is 7.66. The van der Waals surface area contributed by atoms with Crippen LogP contribution in [-0.2, 0) is 9.53 Å². The van der Waals surface area contributed by atoms with E-state index in [2.05, 4.69) is 11.9 Å². The van der Waals surface area contributed by atoms with Crippen LogP contribution in [0, 0.1) is 0 Å². The van der Waals surface area contributed by atoms with Gasteiger partial charge in [-0.25, -0.2) is 9.59 Å². The van der Waals surface area contributed by atoms with E-state index in [-0.39, 0.29) is 12.6 Å². The fourth-order valence-corrected chi connectivity index (χ4v) is 1.43. The predicted molar refractivity (Wildman–Crippen MR) is 57.2 cm³/mol. The molecule has 2 amide bonds. The first kappa shape index (κ1) is 12.5. The van der Waals surface area contributed by atoms with Gasteiger partial charge >= 0.3 is 12.0 Å². The van der Waals surface area contributed by atoms with Gasteiger partial charge in [-0.15, -0.1) is 6.58 Å². The third-order valence-electron chi connectivity index (χ3n) is 2.30. The molecule has 0 saturated carbocycles. The van der Waals surface area contributed by atoms with E-state index in [0.717, 1.165) is 0 Å². The number of ether oxygens (including phenoxy) is 1. The molecule has 0 bridgehead atoms. The van der Waals surface area contributed by atoms with E-state index < -0.39 is 12.0 Å². The maximum Gasteiger partial charge on any atom is 0.328 e. The second kappa shape index (κ2) is 6.12. The molecule has 1 saturated heterocycles. The number of carbonyl (C=O) groups is 2. The number of carboxylic acids is 1. The molecule has 90 valence electrons. The summed E-state index contributed by atoms with van der Waals surface area (Å²) in [5, 5.41) is 11.5. The topological polar surface area (TPSA) is 78.9 Å². The Balaban J connectivity index is 2.50. The molecular weight excluding hydrogens is 212 g/mol. The largest absolute Gasteiger partial charge is 0.480 e. The summed E-state index contributed by atoms with van der Waals surface area (Å²) >= 11 is 0. The molecule has 0 radical (unpaired) electrons. The molecule has 6 heteroatoms. The van der Waals surface area contributed by atoms with Gasteiger partial charge in [0.05, 0.1) is 13.2 Å². The molecule has 0 aliphatic carbocycles. The molecule has 1 unspecified atom stereocenters. The normalized spacial score (nSPS) is 20.2. The van der Waals surface area contributed by atoms with Gasteiger partial charge < -0.3 is 20.1 Å². The summed E-state index contributed by atoms with van der Waals surface area (Å²) in [6, 6.07) is -1.25. The van der Waals surface area contributed by atoms with E-state index >= 15 is 0 Å². The summed E-state index contributed by atoms with van der Waals surface area (Å²) in [7, 11) is 0. The lowest BCUT2D eigenvalue weighted by Crippen LogP contribution is -2.55. The Morgan fingerprint density at radius 3 is 3.00 bits per heavy atom. The van der Waals surface area contributed by atoms with Crippen LogP contribution in [0.15, 0.2) is 12.7 Å². The highest BCUT2D eigenvalue weighted by Gasteiger charge is 2.32. The zero-order valence-corrected chi connectivity index (χ0v) is 9.02. The summed E-state index contributed by atoms with van der Waals surface area (Å²) in [6.45, 7) is 4.72. The van der Waals surface area contributed by atoms with Crippen LogP contribution in [0.4, 0.5) is 4.79 Å². The average molecular weight is 228 g/mol. The lowest BCUT2D eigenvalue weighted by atomic mass is 10.2. The van der Waals surface area contributed by atoms with Crippen LogP contribution in [0.3, 0.4) is 0 Å². The zero-order chi connectivity index (χ0) is 12.0. The van der Waals surface area contributed by atoms with Crippen LogP contribution >= 0.6 is 0 Å². The minimum absolute atomic E-state index is 0.0458.